The summed E-state index contributed by atoms with van der Waals surface area (Å²) < 4.78 is 0. The van der Waals surface area contributed by atoms with Crippen molar-refractivity contribution < 1.29 is 0 Å². The van der Waals surface area contributed by atoms with Crippen LogP contribution in [0.25, 0.3) is 55.5 Å². The number of nitrogens with zero attached hydrogens (tertiary/aromatic N) is 2. The Kier molecular flexibility index (Phi) is 8.98. The Morgan fingerprint density at radius 3 is 1.67 bits per heavy atom. The molecular formula is C47H36N4. The molecule has 0 radical (unpaired) electrons. The van der Waals surface area contributed by atoms with Crippen LogP contribution in [0.4, 0.5) is 0 Å². The van der Waals surface area contributed by atoms with Crippen LogP contribution in [0, 0.1) is 0 Å². The van der Waals surface area contributed by atoms with Crippen molar-refractivity contribution in [3.63, 3.8) is 0 Å². The van der Waals surface area contributed by atoms with E-state index in [1.54, 1.807) is 0 Å². The Labute approximate surface area is 298 Å². The van der Waals surface area contributed by atoms with Gasteiger partial charge in [0.05, 0.1) is 11.4 Å². The molecule has 7 aromatic carbocycles. The second-order valence-electron chi connectivity index (χ2n) is 12.5. The van der Waals surface area contributed by atoms with E-state index in [0.717, 1.165) is 66.8 Å². The number of nitrogens with two attached hydrogens (primary N) is 1. The summed E-state index contributed by atoms with van der Waals surface area (Å²) in [5.41, 5.74) is 14.5. The number of amidine groups is 1. The predicted molar refractivity (Wildman–Crippen MR) is 212 cm³/mol. The third-order valence-electron chi connectivity index (χ3n) is 9.28. The molecule has 51 heavy (non-hydrogen) atoms. The first kappa shape index (κ1) is 31.6. The number of pyridine rings is 1. The molecule has 0 bridgehead atoms. The first-order valence-corrected chi connectivity index (χ1v) is 17.2. The Hall–Kier alpha value is -6.62. The maximum Gasteiger partial charge on any atom is 0.143 e. The van der Waals surface area contributed by atoms with Gasteiger partial charge in [0.25, 0.3) is 0 Å². The number of aromatic nitrogens is 1. The largest absolute Gasteiger partial charge is 0.308 e. The van der Waals surface area contributed by atoms with Gasteiger partial charge in [0, 0.05) is 16.7 Å². The van der Waals surface area contributed by atoms with Gasteiger partial charge in [-0.05, 0) is 56.3 Å². The number of hydrazine groups is 1. The van der Waals surface area contributed by atoms with E-state index in [4.69, 9.17) is 15.8 Å². The van der Waals surface area contributed by atoms with Crippen molar-refractivity contribution in [3.05, 3.63) is 211 Å². The second kappa shape index (κ2) is 14.5. The lowest BCUT2D eigenvalue weighted by Crippen LogP contribution is -2.31. The number of benzene rings is 7. The number of aliphatic imine (C=N–C) groups is 1. The highest BCUT2D eigenvalue weighted by Crippen LogP contribution is 2.40. The van der Waals surface area contributed by atoms with Crippen molar-refractivity contribution in [2.45, 2.75) is 6.04 Å². The van der Waals surface area contributed by atoms with Crippen LogP contribution in [0.1, 0.15) is 22.7 Å². The summed E-state index contributed by atoms with van der Waals surface area (Å²) in [7, 11) is 0. The topological polar surface area (TPSA) is 63.3 Å². The maximum absolute atomic E-state index is 6.13. The number of hydrogen-bond donors (Lipinski definition) is 2. The van der Waals surface area contributed by atoms with Crippen molar-refractivity contribution in [1.29, 1.82) is 0 Å². The molecule has 8 rings (SSSR count). The highest BCUT2D eigenvalue weighted by atomic mass is 15.3. The summed E-state index contributed by atoms with van der Waals surface area (Å²) >= 11 is 0. The van der Waals surface area contributed by atoms with Gasteiger partial charge < -0.3 is 5.43 Å². The quantitative estimate of drug-likeness (QED) is 0.0740. The molecule has 3 N–H and O–H groups in total. The lowest BCUT2D eigenvalue weighted by atomic mass is 9.87. The summed E-state index contributed by atoms with van der Waals surface area (Å²) in [6.45, 7) is 0. The normalized spacial score (nSPS) is 12.1. The second-order valence-corrected chi connectivity index (χ2v) is 12.5. The summed E-state index contributed by atoms with van der Waals surface area (Å²) in [5.74, 6) is 6.75. The third kappa shape index (κ3) is 6.69. The first-order chi connectivity index (χ1) is 25.2. The van der Waals surface area contributed by atoms with Gasteiger partial charge in [-0.25, -0.2) is 10.8 Å². The fraction of sp³-hybridized carbons (Fsp3) is 0.0213. The van der Waals surface area contributed by atoms with Crippen molar-refractivity contribution >= 4 is 16.6 Å². The van der Waals surface area contributed by atoms with E-state index in [9.17, 15) is 0 Å². The molecule has 1 heterocycles. The van der Waals surface area contributed by atoms with Crippen LogP contribution in [0.2, 0.25) is 0 Å². The summed E-state index contributed by atoms with van der Waals surface area (Å²) in [4.78, 5) is 10.5. The molecular weight excluding hydrogens is 621 g/mol. The third-order valence-corrected chi connectivity index (χ3v) is 9.28. The minimum atomic E-state index is -0.325. The molecule has 1 aromatic heterocycles. The molecule has 1 atom stereocenters. The van der Waals surface area contributed by atoms with Crippen molar-refractivity contribution in [2.75, 3.05) is 0 Å². The molecule has 0 aliphatic rings. The molecule has 0 aliphatic carbocycles. The van der Waals surface area contributed by atoms with E-state index in [1.807, 2.05) is 48.5 Å². The monoisotopic (exact) mass is 656 g/mol. The van der Waals surface area contributed by atoms with Crippen LogP contribution in [0.3, 0.4) is 0 Å². The molecule has 244 valence electrons. The highest BCUT2D eigenvalue weighted by Gasteiger charge is 2.21. The molecule has 0 saturated heterocycles. The van der Waals surface area contributed by atoms with Crippen molar-refractivity contribution in [3.8, 4) is 44.8 Å². The van der Waals surface area contributed by atoms with Crippen LogP contribution >= 0.6 is 0 Å². The van der Waals surface area contributed by atoms with E-state index in [0.29, 0.717) is 5.84 Å². The van der Waals surface area contributed by atoms with Gasteiger partial charge in [-0.2, -0.15) is 0 Å². The average Bonchev–Trinajstić information content (AvgIpc) is 3.22. The van der Waals surface area contributed by atoms with Gasteiger partial charge in [-0.3, -0.25) is 4.99 Å². The Morgan fingerprint density at radius 2 is 1.02 bits per heavy atom. The van der Waals surface area contributed by atoms with E-state index in [1.165, 1.54) is 5.39 Å². The van der Waals surface area contributed by atoms with Crippen molar-refractivity contribution in [2.24, 2.45) is 10.8 Å². The van der Waals surface area contributed by atoms with Crippen LogP contribution in [0.5, 0.6) is 0 Å². The summed E-state index contributed by atoms with van der Waals surface area (Å²) in [6, 6.07) is 67.1. The van der Waals surface area contributed by atoms with E-state index in [-0.39, 0.29) is 6.04 Å². The smallest absolute Gasteiger partial charge is 0.143 e. The van der Waals surface area contributed by atoms with Crippen molar-refractivity contribution in [1.82, 2.24) is 10.4 Å². The lowest BCUT2D eigenvalue weighted by molar-refractivity contribution is 0.855. The molecule has 0 fully saturated rings. The van der Waals surface area contributed by atoms with E-state index >= 15 is 0 Å². The van der Waals surface area contributed by atoms with Gasteiger partial charge in [-0.15, -0.1) is 0 Å². The molecule has 4 nitrogen and oxygen atoms in total. The van der Waals surface area contributed by atoms with Crippen LogP contribution < -0.4 is 11.3 Å². The Bertz CT molecular complexity index is 2370. The Balaban J connectivity index is 1.28. The zero-order valence-corrected chi connectivity index (χ0v) is 28.0. The average molecular weight is 657 g/mol. The van der Waals surface area contributed by atoms with Gasteiger partial charge in [-0.1, -0.05) is 182 Å². The fourth-order valence-electron chi connectivity index (χ4n) is 6.76. The Morgan fingerprint density at radius 1 is 0.490 bits per heavy atom. The molecule has 8 aromatic rings. The molecule has 0 amide bonds. The number of nitrogens with one attached hydrogen (secondary N) is 1. The van der Waals surface area contributed by atoms with E-state index in [2.05, 4.69) is 151 Å². The summed E-state index contributed by atoms with van der Waals surface area (Å²) in [5, 5.41) is 2.33. The van der Waals surface area contributed by atoms with Crippen LogP contribution in [-0.2, 0) is 0 Å². The zero-order valence-electron chi connectivity index (χ0n) is 28.0. The lowest BCUT2D eigenvalue weighted by Gasteiger charge is -2.22. The fourth-order valence-corrected chi connectivity index (χ4v) is 6.76. The minimum Gasteiger partial charge on any atom is -0.308 e. The molecule has 1 unspecified atom stereocenters. The first-order valence-electron chi connectivity index (χ1n) is 17.2. The molecule has 0 saturated carbocycles. The number of hydrogen-bond acceptors (Lipinski definition) is 3. The SMILES string of the molecule is NNC(=NC(c1ccccc1)c1ccc2ccccc2c1-c1ccc(-c2cc(-c3ccccc3)cc(-c3ccccc3)n2)cc1)c1ccccc1. The van der Waals surface area contributed by atoms with Gasteiger partial charge in [0.1, 0.15) is 11.9 Å². The minimum absolute atomic E-state index is 0.325. The molecule has 4 heteroatoms. The van der Waals surface area contributed by atoms with E-state index < -0.39 is 0 Å². The number of fused-ring (bicyclic) bond motifs is 1. The van der Waals surface area contributed by atoms with Crippen LogP contribution in [-0.4, -0.2) is 10.8 Å². The number of rotatable bonds is 8. The summed E-state index contributed by atoms with van der Waals surface area (Å²) in [6.07, 6.45) is 0. The van der Waals surface area contributed by atoms with Crippen LogP contribution in [0.15, 0.2) is 199 Å². The molecule has 0 spiro atoms. The zero-order chi connectivity index (χ0) is 34.4. The predicted octanol–water partition coefficient (Wildman–Crippen LogP) is 10.9. The van der Waals surface area contributed by atoms with Gasteiger partial charge in [0.15, 0.2) is 0 Å². The van der Waals surface area contributed by atoms with Gasteiger partial charge >= 0.3 is 0 Å². The maximum atomic E-state index is 6.13. The standard InChI is InChI=1S/C47H36N4/c48-51-47(39-22-11-4-12-23-39)50-46(38-20-9-3-10-21-38)42-30-29-34-17-13-14-24-41(34)45(42)37-27-25-36(26-28-37)44-32-40(33-15-5-1-6-16-33)31-43(49-44)35-18-7-2-8-19-35/h1-32,46H,48H2,(H,50,51). The van der Waals surface area contributed by atoms with Gasteiger partial charge in [0.2, 0.25) is 0 Å². The highest BCUT2D eigenvalue weighted by molar-refractivity contribution is 6.01. The molecule has 0 aliphatic heterocycles.